The van der Waals surface area contributed by atoms with Gasteiger partial charge in [0.2, 0.25) is 11.9 Å². The third kappa shape index (κ3) is 7.31. The first-order chi connectivity index (χ1) is 23.1. The number of carbonyl (C=O) groups is 2. The minimum atomic E-state index is -0.366. The minimum absolute atomic E-state index is 0.0556. The largest absolute Gasteiger partial charge is 0.495 e. The maximum absolute atomic E-state index is 13.8. The average Bonchev–Trinajstić information content (AvgIpc) is 3.11. The Morgan fingerprint density at radius 2 is 1.81 bits per heavy atom. The van der Waals surface area contributed by atoms with Crippen molar-refractivity contribution in [2.75, 3.05) is 75.7 Å². The number of fused-ring (bicyclic) bond motifs is 1. The summed E-state index contributed by atoms with van der Waals surface area (Å²) in [6.45, 7) is 14.3. The number of urea groups is 1. The second-order valence-corrected chi connectivity index (χ2v) is 13.3. The van der Waals surface area contributed by atoms with E-state index in [2.05, 4.69) is 35.5 Å². The van der Waals surface area contributed by atoms with Crippen LogP contribution in [0.3, 0.4) is 0 Å². The van der Waals surface area contributed by atoms with Crippen molar-refractivity contribution in [2.45, 2.75) is 70.6 Å². The van der Waals surface area contributed by atoms with Gasteiger partial charge in [-0.15, -0.1) is 0 Å². The summed E-state index contributed by atoms with van der Waals surface area (Å²) >= 11 is 13.3. The van der Waals surface area contributed by atoms with E-state index in [-0.39, 0.29) is 46.3 Å². The number of halogens is 2. The highest BCUT2D eigenvalue weighted by atomic mass is 35.5. The van der Waals surface area contributed by atoms with Gasteiger partial charge in [0.15, 0.2) is 0 Å². The smallest absolute Gasteiger partial charge is 0.330 e. The van der Waals surface area contributed by atoms with Gasteiger partial charge in [-0.1, -0.05) is 50.0 Å². The van der Waals surface area contributed by atoms with Gasteiger partial charge in [-0.3, -0.25) is 19.5 Å². The molecule has 3 heterocycles. The number of aromatic nitrogens is 2. The number of unbranched alkanes of at least 4 members (excludes halogenated alkanes) is 1. The number of rotatable bonds is 12. The summed E-state index contributed by atoms with van der Waals surface area (Å²) in [7, 11) is 4.63. The fraction of sp³-hybridized carbons (Fsp3) is 0.588. The zero-order valence-corrected chi connectivity index (χ0v) is 30.2. The van der Waals surface area contributed by atoms with E-state index in [4.69, 9.17) is 42.6 Å². The molecular formula is C34H48Cl2N8O4. The molecule has 3 amide bonds. The molecule has 0 spiro atoms. The zero-order valence-electron chi connectivity index (χ0n) is 28.7. The summed E-state index contributed by atoms with van der Waals surface area (Å²) in [4.78, 5) is 46.6. The summed E-state index contributed by atoms with van der Waals surface area (Å²) in [5.41, 5.74) is 1.00. The van der Waals surface area contributed by atoms with Crippen LogP contribution in [0.5, 0.6) is 11.5 Å². The zero-order chi connectivity index (χ0) is 34.5. The van der Waals surface area contributed by atoms with Gasteiger partial charge in [0.25, 0.3) is 0 Å². The number of amides is 3. The van der Waals surface area contributed by atoms with Crippen LogP contribution in [-0.2, 0) is 11.3 Å². The molecule has 12 nitrogen and oxygen atoms in total. The van der Waals surface area contributed by atoms with Gasteiger partial charge in [0.1, 0.15) is 27.4 Å². The third-order valence-corrected chi connectivity index (χ3v) is 10.6. The van der Waals surface area contributed by atoms with Crippen LogP contribution < -0.4 is 24.6 Å². The molecule has 3 unspecified atom stereocenters. The molecule has 1 saturated heterocycles. The molecule has 1 saturated carbocycles. The number of ether oxygens (including phenoxy) is 2. The number of benzene rings is 1. The van der Waals surface area contributed by atoms with Crippen LogP contribution in [0.2, 0.25) is 10.0 Å². The van der Waals surface area contributed by atoms with E-state index in [0.717, 1.165) is 70.4 Å². The fourth-order valence-electron chi connectivity index (χ4n) is 7.13. The lowest BCUT2D eigenvalue weighted by molar-refractivity contribution is -0.129. The van der Waals surface area contributed by atoms with Crippen LogP contribution in [0.4, 0.5) is 22.2 Å². The van der Waals surface area contributed by atoms with Crippen molar-refractivity contribution in [1.29, 1.82) is 0 Å². The quantitative estimate of drug-likeness (QED) is 0.286. The van der Waals surface area contributed by atoms with E-state index in [1.54, 1.807) is 19.3 Å². The lowest BCUT2D eigenvalue weighted by Crippen LogP contribution is -2.58. The van der Waals surface area contributed by atoms with Gasteiger partial charge in [-0.2, -0.15) is 4.98 Å². The number of likely N-dealkylation sites (N-methyl/N-ethyl adjacent to an activating group) is 1. The minimum Gasteiger partial charge on any atom is -0.495 e. The Kier molecular flexibility index (Phi) is 11.9. The van der Waals surface area contributed by atoms with Crippen molar-refractivity contribution in [3.8, 4) is 11.5 Å². The van der Waals surface area contributed by atoms with Crippen LogP contribution in [0.25, 0.3) is 0 Å². The van der Waals surface area contributed by atoms with Gasteiger partial charge >= 0.3 is 6.03 Å². The van der Waals surface area contributed by atoms with E-state index in [0.29, 0.717) is 35.9 Å². The number of hydrogen-bond donors (Lipinski definition) is 1. The summed E-state index contributed by atoms with van der Waals surface area (Å²) < 4.78 is 10.8. The molecule has 1 aliphatic carbocycles. The van der Waals surface area contributed by atoms with E-state index in [1.807, 2.05) is 4.90 Å². The summed E-state index contributed by atoms with van der Waals surface area (Å²) in [5, 5.41) is 3.97. The molecule has 1 aromatic heterocycles. The highest BCUT2D eigenvalue weighted by molar-refractivity contribution is 6.42. The fourth-order valence-corrected chi connectivity index (χ4v) is 7.83. The maximum Gasteiger partial charge on any atom is 0.330 e. The Bertz CT molecular complexity index is 1460. The van der Waals surface area contributed by atoms with Gasteiger partial charge in [0, 0.05) is 69.7 Å². The van der Waals surface area contributed by atoms with Crippen molar-refractivity contribution in [1.82, 2.24) is 24.7 Å². The first kappa shape index (κ1) is 36.0. The van der Waals surface area contributed by atoms with Crippen LogP contribution in [0, 0.1) is 0 Å². The second kappa shape index (κ2) is 15.9. The van der Waals surface area contributed by atoms with Gasteiger partial charge in [-0.25, -0.2) is 9.78 Å². The Morgan fingerprint density at radius 1 is 1.12 bits per heavy atom. The molecule has 14 heteroatoms. The van der Waals surface area contributed by atoms with Crippen LogP contribution in [0.15, 0.2) is 24.9 Å². The Labute approximate surface area is 293 Å². The molecule has 1 N–H and O–H groups in total. The summed E-state index contributed by atoms with van der Waals surface area (Å²) in [5.74, 6) is 1.51. The molecule has 2 aromatic rings. The maximum atomic E-state index is 13.8. The molecule has 3 atom stereocenters. The monoisotopic (exact) mass is 702 g/mol. The van der Waals surface area contributed by atoms with Crippen molar-refractivity contribution >= 4 is 52.6 Å². The summed E-state index contributed by atoms with van der Waals surface area (Å²) in [6.07, 6.45) is 7.76. The normalized spacial score (nSPS) is 21.9. The molecule has 1 aromatic carbocycles. The average molecular weight is 704 g/mol. The van der Waals surface area contributed by atoms with Crippen molar-refractivity contribution in [2.24, 2.45) is 0 Å². The van der Waals surface area contributed by atoms with E-state index < -0.39 is 0 Å². The molecule has 2 aliphatic heterocycles. The van der Waals surface area contributed by atoms with E-state index in [9.17, 15) is 9.59 Å². The SMILES string of the molecule is C=CC(=O)N(CCCC)C1CC(N2CCN(CC)CC2)CCC1Nc1ncc2c(n1)N(C)C(=O)N(c1c(Cl)c(OC)cc(OC)c1Cl)C2. The Hall–Kier alpha value is -3.32. The highest BCUT2D eigenvalue weighted by Crippen LogP contribution is 2.48. The number of piperazine rings is 1. The molecule has 5 rings (SSSR count). The van der Waals surface area contributed by atoms with Crippen molar-refractivity contribution in [3.63, 3.8) is 0 Å². The van der Waals surface area contributed by atoms with Gasteiger partial charge < -0.3 is 24.6 Å². The molecule has 0 bridgehead atoms. The molecule has 2 fully saturated rings. The van der Waals surface area contributed by atoms with Crippen molar-refractivity contribution < 1.29 is 19.1 Å². The number of methoxy groups -OCH3 is 2. The first-order valence-corrected chi connectivity index (χ1v) is 17.6. The van der Waals surface area contributed by atoms with Gasteiger partial charge in [-0.05, 0) is 38.3 Å². The van der Waals surface area contributed by atoms with Crippen LogP contribution in [-0.4, -0.2) is 115 Å². The number of hydrogen-bond acceptors (Lipinski definition) is 9. The molecule has 48 heavy (non-hydrogen) atoms. The third-order valence-electron chi connectivity index (χ3n) is 9.91. The molecular weight excluding hydrogens is 655 g/mol. The Balaban J connectivity index is 1.40. The van der Waals surface area contributed by atoms with Gasteiger partial charge in [0.05, 0.1) is 32.5 Å². The first-order valence-electron chi connectivity index (χ1n) is 16.8. The molecule has 0 radical (unpaired) electrons. The number of nitrogens with zero attached hydrogens (tertiary/aromatic N) is 7. The summed E-state index contributed by atoms with van der Waals surface area (Å²) in [6, 6.07) is 1.48. The number of anilines is 3. The predicted octanol–water partition coefficient (Wildman–Crippen LogP) is 5.53. The topological polar surface area (TPSA) is 107 Å². The highest BCUT2D eigenvalue weighted by Gasteiger charge is 2.40. The lowest BCUT2D eigenvalue weighted by atomic mass is 9.84. The van der Waals surface area contributed by atoms with Crippen molar-refractivity contribution in [3.05, 3.63) is 40.5 Å². The van der Waals surface area contributed by atoms with E-state index in [1.165, 1.54) is 30.1 Å². The lowest BCUT2D eigenvalue weighted by Gasteiger charge is -2.47. The predicted molar refractivity (Wildman–Crippen MR) is 191 cm³/mol. The second-order valence-electron chi connectivity index (χ2n) is 12.6. The van der Waals surface area contributed by atoms with Crippen LogP contribution >= 0.6 is 23.2 Å². The number of nitrogens with one attached hydrogen (secondary N) is 1. The molecule has 3 aliphatic rings. The molecule has 262 valence electrons. The Morgan fingerprint density at radius 3 is 2.42 bits per heavy atom. The standard InChI is InChI=1S/C34H48Cl2N8O4/c1-7-10-13-43(28(45)8-2)25-18-23(42-16-14-41(9-3)15-17-42)11-12-24(25)38-33-37-20-22-21-44(34(46)40(4)32(22)39-33)31-29(35)26(47-5)19-27(48-6)30(31)36/h8,19-20,23-25H,2,7,9-18,21H2,1,3-6H3,(H,37,38,39). The van der Waals surface area contributed by atoms with Crippen LogP contribution in [0.1, 0.15) is 51.5 Å². The number of carbonyl (C=O) groups excluding carboxylic acids is 2. The van der Waals surface area contributed by atoms with E-state index >= 15 is 0 Å².